The summed E-state index contributed by atoms with van der Waals surface area (Å²) in [6.45, 7) is 4.17. The molecule has 1 N–H and O–H groups in total. The van der Waals surface area contributed by atoms with E-state index in [-0.39, 0.29) is 18.0 Å². The highest BCUT2D eigenvalue weighted by atomic mass is 127. The smallest absolute Gasteiger partial charge is 0.269 e. The molecule has 2 rings (SSSR count). The molecule has 8 heteroatoms. The highest BCUT2D eigenvalue weighted by Crippen LogP contribution is 2.21. The van der Waals surface area contributed by atoms with E-state index < -0.39 is 4.92 Å². The molecule has 0 bridgehead atoms. The summed E-state index contributed by atoms with van der Waals surface area (Å²) in [6, 6.07) is 4.37. The molecule has 0 fully saturated rings. The molecule has 0 aliphatic carbocycles. The quantitative estimate of drug-likeness (QED) is 0.463. The van der Waals surface area contributed by atoms with Crippen molar-refractivity contribution in [2.45, 2.75) is 26.8 Å². The number of hydrogen-bond acceptors (Lipinski definition) is 4. The number of aromatic nitrogens is 2. The van der Waals surface area contributed by atoms with Crippen molar-refractivity contribution in [3.63, 3.8) is 0 Å². The normalized spacial score (nSPS) is 10.5. The van der Waals surface area contributed by atoms with Gasteiger partial charge in [0.05, 0.1) is 21.2 Å². The second-order valence-corrected chi connectivity index (χ2v) is 6.02. The molecule has 1 aromatic carbocycles. The van der Waals surface area contributed by atoms with E-state index >= 15 is 0 Å². The number of aryl methyl sites for hydroxylation is 2. The number of halogens is 1. The van der Waals surface area contributed by atoms with Gasteiger partial charge in [-0.15, -0.1) is 0 Å². The number of nitrogens with zero attached hydrogens (tertiary/aromatic N) is 3. The van der Waals surface area contributed by atoms with Crippen LogP contribution >= 0.6 is 22.6 Å². The van der Waals surface area contributed by atoms with Gasteiger partial charge in [-0.3, -0.25) is 19.6 Å². The van der Waals surface area contributed by atoms with Crippen LogP contribution in [0.3, 0.4) is 0 Å². The SMILES string of the molecule is Cc1cc([N+](=O)[O-])ccc1NC(=O)CCn1ncc(I)c1C. The first kappa shape index (κ1) is 16.4. The lowest BCUT2D eigenvalue weighted by molar-refractivity contribution is -0.384. The molecule has 0 saturated carbocycles. The Hall–Kier alpha value is -1.97. The Bertz CT molecular complexity index is 727. The molecule has 7 nitrogen and oxygen atoms in total. The number of carbonyl (C=O) groups is 1. The van der Waals surface area contributed by atoms with Crippen LogP contribution in [0, 0.1) is 27.5 Å². The second-order valence-electron chi connectivity index (χ2n) is 4.86. The maximum Gasteiger partial charge on any atom is 0.269 e. The third kappa shape index (κ3) is 3.81. The average molecular weight is 414 g/mol. The number of anilines is 1. The molecule has 0 radical (unpaired) electrons. The molecule has 2 aromatic rings. The van der Waals surface area contributed by atoms with Crippen molar-refractivity contribution in [2.75, 3.05) is 5.32 Å². The number of nitro groups is 1. The molecule has 0 atom stereocenters. The average Bonchev–Trinajstić information content (AvgIpc) is 2.78. The summed E-state index contributed by atoms with van der Waals surface area (Å²) in [5.74, 6) is -0.151. The molecule has 0 spiro atoms. The number of hydrogen-bond donors (Lipinski definition) is 1. The molecule has 0 aliphatic heterocycles. The number of rotatable bonds is 5. The fourth-order valence-electron chi connectivity index (χ4n) is 1.97. The lowest BCUT2D eigenvalue weighted by atomic mass is 10.1. The van der Waals surface area contributed by atoms with Crippen LogP contribution in [-0.4, -0.2) is 20.6 Å². The summed E-state index contributed by atoms with van der Waals surface area (Å²) >= 11 is 2.19. The van der Waals surface area contributed by atoms with Crippen LogP contribution in [0.15, 0.2) is 24.4 Å². The number of benzene rings is 1. The molecular formula is C14H15IN4O3. The molecular weight excluding hydrogens is 399 g/mol. The number of non-ortho nitro benzene ring substituents is 1. The van der Waals surface area contributed by atoms with Crippen LogP contribution in [0.25, 0.3) is 0 Å². The van der Waals surface area contributed by atoms with E-state index in [4.69, 9.17) is 0 Å². The fourth-order valence-corrected chi connectivity index (χ4v) is 2.37. The summed E-state index contributed by atoms with van der Waals surface area (Å²) in [6.07, 6.45) is 2.04. The van der Waals surface area contributed by atoms with Gasteiger partial charge < -0.3 is 5.32 Å². The van der Waals surface area contributed by atoms with Crippen molar-refractivity contribution in [1.82, 2.24) is 9.78 Å². The summed E-state index contributed by atoms with van der Waals surface area (Å²) in [4.78, 5) is 22.2. The first-order valence-corrected chi connectivity index (χ1v) is 7.69. The van der Waals surface area contributed by atoms with Gasteiger partial charge in [0.15, 0.2) is 0 Å². The minimum atomic E-state index is -0.458. The highest BCUT2D eigenvalue weighted by Gasteiger charge is 2.11. The van der Waals surface area contributed by atoms with Crippen molar-refractivity contribution >= 4 is 39.9 Å². The van der Waals surface area contributed by atoms with Gasteiger partial charge in [-0.2, -0.15) is 5.10 Å². The van der Waals surface area contributed by atoms with Crippen LogP contribution < -0.4 is 5.32 Å². The molecule has 1 amide bonds. The highest BCUT2D eigenvalue weighted by molar-refractivity contribution is 14.1. The van der Waals surface area contributed by atoms with Gasteiger partial charge in [-0.05, 0) is 48.1 Å². The monoisotopic (exact) mass is 414 g/mol. The Kier molecular flexibility index (Phi) is 5.11. The minimum absolute atomic E-state index is 0.0113. The standard InChI is InChI=1S/C14H15IN4O3/c1-9-7-11(19(21)22)3-4-13(9)17-14(20)5-6-18-10(2)12(15)8-16-18/h3-4,7-8H,5-6H2,1-2H3,(H,17,20). The van der Waals surface area contributed by atoms with Gasteiger partial charge in [-0.25, -0.2) is 0 Å². The summed E-state index contributed by atoms with van der Waals surface area (Å²) in [7, 11) is 0. The van der Waals surface area contributed by atoms with Gasteiger partial charge in [0, 0.05) is 29.9 Å². The Labute approximate surface area is 141 Å². The Morgan fingerprint density at radius 2 is 2.18 bits per heavy atom. The predicted octanol–water partition coefficient (Wildman–Crippen LogP) is 3.04. The third-order valence-electron chi connectivity index (χ3n) is 3.29. The van der Waals surface area contributed by atoms with Crippen LogP contribution in [0.2, 0.25) is 0 Å². The first-order valence-electron chi connectivity index (χ1n) is 6.61. The van der Waals surface area contributed by atoms with Crippen molar-refractivity contribution in [1.29, 1.82) is 0 Å². The van der Waals surface area contributed by atoms with Crippen LogP contribution in [0.5, 0.6) is 0 Å². The summed E-state index contributed by atoms with van der Waals surface area (Å²) in [5, 5.41) is 17.7. The zero-order valence-corrected chi connectivity index (χ0v) is 14.3. The Morgan fingerprint density at radius 1 is 1.45 bits per heavy atom. The Balaban J connectivity index is 1.97. The zero-order valence-electron chi connectivity index (χ0n) is 12.2. The van der Waals surface area contributed by atoms with Gasteiger partial charge >= 0.3 is 0 Å². The third-order valence-corrected chi connectivity index (χ3v) is 4.35. The molecule has 116 valence electrons. The molecule has 22 heavy (non-hydrogen) atoms. The van der Waals surface area contributed by atoms with E-state index in [1.54, 1.807) is 23.9 Å². The predicted molar refractivity (Wildman–Crippen MR) is 90.8 cm³/mol. The maximum absolute atomic E-state index is 12.0. The van der Waals surface area contributed by atoms with Crippen molar-refractivity contribution in [2.24, 2.45) is 0 Å². The molecule has 0 saturated heterocycles. The molecule has 0 aliphatic rings. The number of nitro benzene ring substituents is 1. The van der Waals surface area contributed by atoms with Gasteiger partial charge in [0.1, 0.15) is 0 Å². The topological polar surface area (TPSA) is 90.1 Å². The lowest BCUT2D eigenvalue weighted by Crippen LogP contribution is -2.16. The van der Waals surface area contributed by atoms with E-state index in [2.05, 4.69) is 33.0 Å². The number of amides is 1. The fraction of sp³-hybridized carbons (Fsp3) is 0.286. The van der Waals surface area contributed by atoms with E-state index in [0.29, 0.717) is 17.8 Å². The number of nitrogens with one attached hydrogen (secondary N) is 1. The van der Waals surface area contributed by atoms with Crippen molar-refractivity contribution < 1.29 is 9.72 Å². The van der Waals surface area contributed by atoms with E-state index in [1.165, 1.54) is 12.1 Å². The van der Waals surface area contributed by atoms with Crippen molar-refractivity contribution in [3.8, 4) is 0 Å². The molecule has 1 heterocycles. The van der Waals surface area contributed by atoms with E-state index in [0.717, 1.165) is 9.26 Å². The lowest BCUT2D eigenvalue weighted by Gasteiger charge is -2.09. The van der Waals surface area contributed by atoms with E-state index in [9.17, 15) is 14.9 Å². The summed E-state index contributed by atoms with van der Waals surface area (Å²) < 4.78 is 2.84. The molecule has 1 aromatic heterocycles. The van der Waals surface area contributed by atoms with Gasteiger partial charge in [0.25, 0.3) is 5.69 Å². The largest absolute Gasteiger partial charge is 0.326 e. The zero-order chi connectivity index (χ0) is 16.3. The number of carbonyl (C=O) groups excluding carboxylic acids is 1. The van der Waals surface area contributed by atoms with Crippen LogP contribution in [0.1, 0.15) is 17.7 Å². The van der Waals surface area contributed by atoms with Gasteiger partial charge in [0.2, 0.25) is 5.91 Å². The van der Waals surface area contributed by atoms with Crippen LogP contribution in [-0.2, 0) is 11.3 Å². The summed E-state index contributed by atoms with van der Waals surface area (Å²) in [5.41, 5.74) is 2.28. The van der Waals surface area contributed by atoms with Crippen molar-refractivity contribution in [3.05, 3.63) is 49.3 Å². The first-order chi connectivity index (χ1) is 10.4. The second kappa shape index (κ2) is 6.86. The van der Waals surface area contributed by atoms with Gasteiger partial charge in [-0.1, -0.05) is 0 Å². The van der Waals surface area contributed by atoms with Crippen LogP contribution in [0.4, 0.5) is 11.4 Å². The maximum atomic E-state index is 12.0. The minimum Gasteiger partial charge on any atom is -0.326 e. The Morgan fingerprint density at radius 3 is 2.73 bits per heavy atom. The van der Waals surface area contributed by atoms with E-state index in [1.807, 2.05) is 6.92 Å². The molecule has 0 unspecified atom stereocenters.